The van der Waals surface area contributed by atoms with Gasteiger partial charge in [0.2, 0.25) is 0 Å². The van der Waals surface area contributed by atoms with Crippen molar-refractivity contribution in [2.45, 2.75) is 32.0 Å². The number of hydrogen-bond acceptors (Lipinski definition) is 4. The summed E-state index contributed by atoms with van der Waals surface area (Å²) in [5.41, 5.74) is 1.14. The van der Waals surface area contributed by atoms with Crippen molar-refractivity contribution in [2.75, 3.05) is 19.4 Å². The van der Waals surface area contributed by atoms with Gasteiger partial charge in [0.1, 0.15) is 12.2 Å². The van der Waals surface area contributed by atoms with Gasteiger partial charge in [-0.15, -0.1) is 0 Å². The number of nitrogens with one attached hydrogen (secondary N) is 1. The van der Waals surface area contributed by atoms with Gasteiger partial charge in [0.15, 0.2) is 0 Å². The Morgan fingerprint density at radius 2 is 2.05 bits per heavy atom. The van der Waals surface area contributed by atoms with Crippen molar-refractivity contribution >= 4 is 29.1 Å². The van der Waals surface area contributed by atoms with Crippen molar-refractivity contribution < 1.29 is 14.3 Å². The SMILES string of the molecule is Cc1nccc(NC(=O)[C@@H]2CC[C@H](C(=O)N(C)C)O2)c1Cl. The molecule has 1 aliphatic heterocycles. The number of halogens is 1. The van der Waals surface area contributed by atoms with Gasteiger partial charge >= 0.3 is 0 Å². The maximum atomic E-state index is 12.2. The summed E-state index contributed by atoms with van der Waals surface area (Å²) in [4.78, 5) is 29.5. The molecule has 1 saturated heterocycles. The summed E-state index contributed by atoms with van der Waals surface area (Å²) in [5, 5.41) is 3.13. The van der Waals surface area contributed by atoms with E-state index in [0.29, 0.717) is 29.2 Å². The van der Waals surface area contributed by atoms with Crippen LogP contribution in [0, 0.1) is 6.92 Å². The topological polar surface area (TPSA) is 71.5 Å². The minimum Gasteiger partial charge on any atom is -0.355 e. The van der Waals surface area contributed by atoms with E-state index in [9.17, 15) is 9.59 Å². The van der Waals surface area contributed by atoms with E-state index in [1.165, 1.54) is 4.90 Å². The molecule has 2 atom stereocenters. The average molecular weight is 312 g/mol. The third kappa shape index (κ3) is 3.51. The molecule has 2 amide bonds. The molecule has 6 nitrogen and oxygen atoms in total. The maximum Gasteiger partial charge on any atom is 0.253 e. The molecule has 0 saturated carbocycles. The lowest BCUT2D eigenvalue weighted by molar-refractivity contribution is -0.143. The Morgan fingerprint density at radius 3 is 2.71 bits per heavy atom. The summed E-state index contributed by atoms with van der Waals surface area (Å²) in [6, 6.07) is 1.63. The van der Waals surface area contributed by atoms with Crippen LogP contribution < -0.4 is 5.32 Å². The van der Waals surface area contributed by atoms with Crippen molar-refractivity contribution in [3.05, 3.63) is 23.0 Å². The normalized spacial score (nSPS) is 21.1. The number of ether oxygens (including phenoxy) is 1. The first kappa shape index (κ1) is 15.7. The van der Waals surface area contributed by atoms with Crippen LogP contribution in [-0.2, 0) is 14.3 Å². The third-order valence-corrected chi connectivity index (χ3v) is 3.83. The summed E-state index contributed by atoms with van der Waals surface area (Å²) in [5.74, 6) is -0.417. The van der Waals surface area contributed by atoms with Crippen molar-refractivity contribution in [1.29, 1.82) is 0 Å². The number of pyridine rings is 1. The zero-order valence-electron chi connectivity index (χ0n) is 12.2. The van der Waals surface area contributed by atoms with E-state index >= 15 is 0 Å². The van der Waals surface area contributed by atoms with Gasteiger partial charge in [0.25, 0.3) is 11.8 Å². The molecule has 1 N–H and O–H groups in total. The molecule has 1 aromatic heterocycles. The van der Waals surface area contributed by atoms with Crippen molar-refractivity contribution in [1.82, 2.24) is 9.88 Å². The number of anilines is 1. The van der Waals surface area contributed by atoms with Crippen LogP contribution in [0.3, 0.4) is 0 Å². The fourth-order valence-corrected chi connectivity index (χ4v) is 2.32. The minimum atomic E-state index is -0.636. The molecule has 0 aliphatic carbocycles. The van der Waals surface area contributed by atoms with Crippen molar-refractivity contribution in [2.24, 2.45) is 0 Å². The van der Waals surface area contributed by atoms with Gasteiger partial charge < -0.3 is 15.0 Å². The lowest BCUT2D eigenvalue weighted by atomic mass is 10.1. The van der Waals surface area contributed by atoms with Crippen LogP contribution in [0.25, 0.3) is 0 Å². The molecular formula is C14H18ClN3O3. The summed E-state index contributed by atoms with van der Waals surface area (Å²) < 4.78 is 5.53. The highest BCUT2D eigenvalue weighted by Gasteiger charge is 2.35. The standard InChI is InChI=1S/C14H18ClN3O3/c1-8-12(15)9(6-7-16-8)17-13(19)10-4-5-11(21-10)14(20)18(2)3/h6-7,10-11H,4-5H2,1-3H3,(H,16,17,19)/t10-,11+/m0/s1. The van der Waals surface area contributed by atoms with Crippen LogP contribution in [0.5, 0.6) is 0 Å². The minimum absolute atomic E-state index is 0.122. The first-order valence-corrected chi connectivity index (χ1v) is 7.06. The third-order valence-electron chi connectivity index (χ3n) is 3.35. The first-order chi connectivity index (χ1) is 9.90. The largest absolute Gasteiger partial charge is 0.355 e. The van der Waals surface area contributed by atoms with Crippen molar-refractivity contribution in [3.63, 3.8) is 0 Å². The fraction of sp³-hybridized carbons (Fsp3) is 0.500. The summed E-state index contributed by atoms with van der Waals surface area (Å²) in [7, 11) is 3.33. The second kappa shape index (κ2) is 6.41. The quantitative estimate of drug-likeness (QED) is 0.920. The molecule has 0 unspecified atom stereocenters. The molecule has 0 spiro atoms. The molecule has 7 heteroatoms. The number of amides is 2. The van der Waals surface area contributed by atoms with E-state index in [4.69, 9.17) is 16.3 Å². The van der Waals surface area contributed by atoms with Crippen molar-refractivity contribution in [3.8, 4) is 0 Å². The van der Waals surface area contributed by atoms with E-state index < -0.39 is 12.2 Å². The van der Waals surface area contributed by atoms with Crippen LogP contribution >= 0.6 is 11.6 Å². The summed E-state index contributed by atoms with van der Waals surface area (Å²) in [6.45, 7) is 1.76. The highest BCUT2D eigenvalue weighted by Crippen LogP contribution is 2.26. The fourth-order valence-electron chi connectivity index (χ4n) is 2.16. The van der Waals surface area contributed by atoms with Crippen LogP contribution in [0.1, 0.15) is 18.5 Å². The summed E-state index contributed by atoms with van der Waals surface area (Å²) in [6.07, 6.45) is 1.44. The maximum absolute atomic E-state index is 12.2. The first-order valence-electron chi connectivity index (χ1n) is 6.68. The van der Waals surface area contributed by atoms with E-state index in [2.05, 4.69) is 10.3 Å². The molecule has 114 valence electrons. The van der Waals surface area contributed by atoms with Gasteiger partial charge in [-0.3, -0.25) is 14.6 Å². The van der Waals surface area contributed by atoms with E-state index in [1.807, 2.05) is 0 Å². The molecule has 1 aliphatic rings. The molecule has 0 radical (unpaired) electrons. The number of aromatic nitrogens is 1. The second-order valence-electron chi connectivity index (χ2n) is 5.17. The molecular weight excluding hydrogens is 294 g/mol. The lowest BCUT2D eigenvalue weighted by Gasteiger charge is -2.17. The molecule has 0 aromatic carbocycles. The van der Waals surface area contributed by atoms with Crippen LogP contribution in [0.2, 0.25) is 5.02 Å². The molecule has 21 heavy (non-hydrogen) atoms. The number of likely N-dealkylation sites (N-methyl/N-ethyl adjacent to an activating group) is 1. The van der Waals surface area contributed by atoms with Gasteiger partial charge in [-0.05, 0) is 25.8 Å². The zero-order chi connectivity index (χ0) is 15.6. The van der Waals surface area contributed by atoms with Crippen LogP contribution in [0.4, 0.5) is 5.69 Å². The van der Waals surface area contributed by atoms with Gasteiger partial charge in [-0.1, -0.05) is 11.6 Å². The smallest absolute Gasteiger partial charge is 0.253 e. The molecule has 2 rings (SSSR count). The lowest BCUT2D eigenvalue weighted by Crippen LogP contribution is -2.35. The molecule has 2 heterocycles. The number of aryl methyl sites for hydroxylation is 1. The highest BCUT2D eigenvalue weighted by molar-refractivity contribution is 6.34. The Kier molecular flexibility index (Phi) is 4.80. The number of carbonyl (C=O) groups excluding carboxylic acids is 2. The van der Waals surface area contributed by atoms with Gasteiger partial charge in [-0.25, -0.2) is 0 Å². The summed E-state index contributed by atoms with van der Waals surface area (Å²) >= 11 is 6.09. The van der Waals surface area contributed by atoms with Gasteiger partial charge in [0, 0.05) is 20.3 Å². The highest BCUT2D eigenvalue weighted by atomic mass is 35.5. The Labute approximate surface area is 128 Å². The zero-order valence-corrected chi connectivity index (χ0v) is 13.0. The van der Waals surface area contributed by atoms with E-state index in [1.54, 1.807) is 33.3 Å². The predicted molar refractivity (Wildman–Crippen MR) is 79.2 cm³/mol. The number of hydrogen-bond donors (Lipinski definition) is 1. The number of rotatable bonds is 3. The molecule has 0 bridgehead atoms. The Morgan fingerprint density at radius 1 is 1.38 bits per heavy atom. The Bertz CT molecular complexity index is 562. The number of nitrogens with zero attached hydrogens (tertiary/aromatic N) is 2. The Hall–Kier alpha value is -1.66. The Balaban J connectivity index is 1.99. The average Bonchev–Trinajstić information content (AvgIpc) is 2.92. The second-order valence-corrected chi connectivity index (χ2v) is 5.55. The van der Waals surface area contributed by atoms with Gasteiger partial charge in [-0.2, -0.15) is 0 Å². The van der Waals surface area contributed by atoms with E-state index in [-0.39, 0.29) is 11.8 Å². The molecule has 1 aromatic rings. The predicted octanol–water partition coefficient (Wildman–Crippen LogP) is 1.62. The van der Waals surface area contributed by atoms with Gasteiger partial charge in [0.05, 0.1) is 16.4 Å². The van der Waals surface area contributed by atoms with E-state index in [0.717, 1.165) is 0 Å². The van der Waals surface area contributed by atoms with Crippen LogP contribution in [0.15, 0.2) is 12.3 Å². The molecule has 1 fully saturated rings. The number of carbonyl (C=O) groups is 2. The van der Waals surface area contributed by atoms with Crippen LogP contribution in [-0.4, -0.2) is 48.0 Å². The monoisotopic (exact) mass is 311 g/mol.